The second-order valence-electron chi connectivity index (χ2n) is 4.68. The van der Waals surface area contributed by atoms with E-state index in [1.54, 1.807) is 0 Å². The van der Waals surface area contributed by atoms with E-state index in [0.29, 0.717) is 6.04 Å². The molecule has 0 aliphatic carbocycles. The van der Waals surface area contributed by atoms with Crippen LogP contribution in [0, 0.1) is 5.92 Å². The summed E-state index contributed by atoms with van der Waals surface area (Å²) in [5.41, 5.74) is 0. The van der Waals surface area contributed by atoms with Crippen molar-refractivity contribution in [2.75, 3.05) is 39.4 Å². The Kier molecular flexibility index (Phi) is 3.79. The number of rotatable bonds is 1. The third kappa shape index (κ3) is 2.69. The van der Waals surface area contributed by atoms with E-state index in [4.69, 9.17) is 4.74 Å². The number of hydrogen-bond donors (Lipinski definition) is 1. The fourth-order valence-corrected chi connectivity index (χ4v) is 2.45. The molecule has 0 radical (unpaired) electrons. The Hall–Kier alpha value is -0.120. The average Bonchev–Trinajstić information content (AvgIpc) is 2.63. The molecule has 2 aliphatic heterocycles. The SMILES string of the molecule is CC1CNCCCN(C2CCOC2)C1. The van der Waals surface area contributed by atoms with Gasteiger partial charge in [0, 0.05) is 19.2 Å². The van der Waals surface area contributed by atoms with Gasteiger partial charge >= 0.3 is 0 Å². The molecule has 2 atom stereocenters. The minimum atomic E-state index is 0.704. The van der Waals surface area contributed by atoms with Crippen molar-refractivity contribution in [2.45, 2.75) is 25.8 Å². The highest BCUT2D eigenvalue weighted by atomic mass is 16.5. The molecule has 0 aromatic heterocycles. The molecule has 0 bridgehead atoms. The molecule has 82 valence electrons. The molecule has 2 fully saturated rings. The maximum absolute atomic E-state index is 5.46. The second kappa shape index (κ2) is 5.10. The Morgan fingerprint density at radius 3 is 3.14 bits per heavy atom. The highest BCUT2D eigenvalue weighted by Crippen LogP contribution is 2.15. The average molecular weight is 198 g/mol. The zero-order valence-electron chi connectivity index (χ0n) is 9.17. The van der Waals surface area contributed by atoms with Crippen molar-refractivity contribution in [3.63, 3.8) is 0 Å². The van der Waals surface area contributed by atoms with Crippen LogP contribution in [0.4, 0.5) is 0 Å². The summed E-state index contributed by atoms with van der Waals surface area (Å²) in [4.78, 5) is 2.64. The summed E-state index contributed by atoms with van der Waals surface area (Å²) < 4.78 is 5.46. The van der Waals surface area contributed by atoms with Crippen LogP contribution in [0.5, 0.6) is 0 Å². The summed E-state index contributed by atoms with van der Waals surface area (Å²) in [5.74, 6) is 0.774. The van der Waals surface area contributed by atoms with Gasteiger partial charge in [-0.1, -0.05) is 6.92 Å². The minimum Gasteiger partial charge on any atom is -0.380 e. The first-order valence-corrected chi connectivity index (χ1v) is 5.89. The summed E-state index contributed by atoms with van der Waals surface area (Å²) in [6.45, 7) is 9.08. The molecule has 2 unspecified atom stereocenters. The van der Waals surface area contributed by atoms with Crippen LogP contribution in [0.25, 0.3) is 0 Å². The van der Waals surface area contributed by atoms with E-state index in [-0.39, 0.29) is 0 Å². The van der Waals surface area contributed by atoms with Crippen molar-refractivity contribution in [3.05, 3.63) is 0 Å². The first kappa shape index (κ1) is 10.4. The van der Waals surface area contributed by atoms with Gasteiger partial charge in [0.2, 0.25) is 0 Å². The van der Waals surface area contributed by atoms with Gasteiger partial charge in [-0.3, -0.25) is 4.90 Å². The molecule has 0 spiro atoms. The van der Waals surface area contributed by atoms with Crippen molar-refractivity contribution in [3.8, 4) is 0 Å². The van der Waals surface area contributed by atoms with Gasteiger partial charge < -0.3 is 10.1 Å². The van der Waals surface area contributed by atoms with Crippen molar-refractivity contribution in [1.29, 1.82) is 0 Å². The lowest BCUT2D eigenvalue weighted by Gasteiger charge is -2.32. The third-order valence-electron chi connectivity index (χ3n) is 3.26. The second-order valence-corrected chi connectivity index (χ2v) is 4.68. The Labute approximate surface area is 86.8 Å². The highest BCUT2D eigenvalue weighted by molar-refractivity contribution is 4.79. The van der Waals surface area contributed by atoms with E-state index in [9.17, 15) is 0 Å². The first-order valence-electron chi connectivity index (χ1n) is 5.89. The summed E-state index contributed by atoms with van der Waals surface area (Å²) in [5, 5.41) is 3.49. The Morgan fingerprint density at radius 1 is 1.43 bits per heavy atom. The van der Waals surface area contributed by atoms with Gasteiger partial charge in [0.25, 0.3) is 0 Å². The lowest BCUT2D eigenvalue weighted by molar-refractivity contribution is 0.125. The van der Waals surface area contributed by atoms with Crippen LogP contribution in [-0.4, -0.2) is 50.3 Å². The van der Waals surface area contributed by atoms with Crippen LogP contribution in [0.3, 0.4) is 0 Å². The lowest BCUT2D eigenvalue weighted by Crippen LogP contribution is -2.44. The Bertz CT molecular complexity index is 169. The molecule has 3 heteroatoms. The van der Waals surface area contributed by atoms with E-state index < -0.39 is 0 Å². The van der Waals surface area contributed by atoms with Gasteiger partial charge in [0.1, 0.15) is 0 Å². The summed E-state index contributed by atoms with van der Waals surface area (Å²) in [6.07, 6.45) is 2.52. The minimum absolute atomic E-state index is 0.704. The zero-order valence-corrected chi connectivity index (χ0v) is 9.17. The summed E-state index contributed by atoms with van der Waals surface area (Å²) in [7, 11) is 0. The molecule has 0 aromatic carbocycles. The fraction of sp³-hybridized carbons (Fsp3) is 1.00. The van der Waals surface area contributed by atoms with E-state index in [0.717, 1.165) is 19.1 Å². The first-order chi connectivity index (χ1) is 6.86. The topological polar surface area (TPSA) is 24.5 Å². The molecular formula is C11H22N2O. The van der Waals surface area contributed by atoms with Crippen LogP contribution in [0.2, 0.25) is 0 Å². The van der Waals surface area contributed by atoms with Crippen LogP contribution >= 0.6 is 0 Å². The van der Waals surface area contributed by atoms with Crippen molar-refractivity contribution in [2.24, 2.45) is 5.92 Å². The van der Waals surface area contributed by atoms with Gasteiger partial charge in [-0.15, -0.1) is 0 Å². The van der Waals surface area contributed by atoms with Gasteiger partial charge in [-0.25, -0.2) is 0 Å². The number of nitrogens with zero attached hydrogens (tertiary/aromatic N) is 1. The normalized spacial score (nSPS) is 36.6. The largest absolute Gasteiger partial charge is 0.380 e. The van der Waals surface area contributed by atoms with Gasteiger partial charge in [-0.2, -0.15) is 0 Å². The smallest absolute Gasteiger partial charge is 0.0622 e. The van der Waals surface area contributed by atoms with Gasteiger partial charge in [-0.05, 0) is 38.4 Å². The van der Waals surface area contributed by atoms with Crippen molar-refractivity contribution < 1.29 is 4.74 Å². The molecular weight excluding hydrogens is 176 g/mol. The van der Waals surface area contributed by atoms with E-state index >= 15 is 0 Å². The van der Waals surface area contributed by atoms with Crippen LogP contribution in [0.15, 0.2) is 0 Å². The standard InChI is InChI=1S/C11H22N2O/c1-10-7-12-4-2-5-13(8-10)11-3-6-14-9-11/h10-12H,2-9H2,1H3. The monoisotopic (exact) mass is 198 g/mol. The lowest BCUT2D eigenvalue weighted by atomic mass is 10.1. The Balaban J connectivity index is 1.86. The molecule has 2 saturated heterocycles. The molecule has 2 aliphatic rings. The number of hydrogen-bond acceptors (Lipinski definition) is 3. The predicted octanol–water partition coefficient (Wildman–Crippen LogP) is 0.707. The summed E-state index contributed by atoms with van der Waals surface area (Å²) in [6, 6.07) is 0.704. The molecule has 3 nitrogen and oxygen atoms in total. The fourth-order valence-electron chi connectivity index (χ4n) is 2.45. The van der Waals surface area contributed by atoms with Gasteiger partial charge in [0.15, 0.2) is 0 Å². The molecule has 2 rings (SSSR count). The summed E-state index contributed by atoms with van der Waals surface area (Å²) >= 11 is 0. The zero-order chi connectivity index (χ0) is 9.80. The maximum atomic E-state index is 5.46. The number of nitrogens with one attached hydrogen (secondary N) is 1. The molecule has 0 saturated carbocycles. The van der Waals surface area contributed by atoms with E-state index in [2.05, 4.69) is 17.1 Å². The van der Waals surface area contributed by atoms with Crippen molar-refractivity contribution in [1.82, 2.24) is 10.2 Å². The van der Waals surface area contributed by atoms with Gasteiger partial charge in [0.05, 0.1) is 6.61 Å². The third-order valence-corrected chi connectivity index (χ3v) is 3.26. The number of ether oxygens (including phenoxy) is 1. The van der Waals surface area contributed by atoms with Crippen LogP contribution < -0.4 is 5.32 Å². The van der Waals surface area contributed by atoms with E-state index in [1.165, 1.54) is 39.0 Å². The maximum Gasteiger partial charge on any atom is 0.0622 e. The molecule has 0 aromatic rings. The highest BCUT2D eigenvalue weighted by Gasteiger charge is 2.24. The quantitative estimate of drug-likeness (QED) is 0.671. The van der Waals surface area contributed by atoms with Crippen LogP contribution in [0.1, 0.15) is 19.8 Å². The molecule has 14 heavy (non-hydrogen) atoms. The predicted molar refractivity (Wildman–Crippen MR) is 57.4 cm³/mol. The molecule has 1 N–H and O–H groups in total. The van der Waals surface area contributed by atoms with Crippen molar-refractivity contribution >= 4 is 0 Å². The van der Waals surface area contributed by atoms with E-state index in [1.807, 2.05) is 0 Å². The molecule has 0 amide bonds. The van der Waals surface area contributed by atoms with Crippen LogP contribution in [-0.2, 0) is 4.74 Å². The Morgan fingerprint density at radius 2 is 2.36 bits per heavy atom. The molecule has 2 heterocycles.